The monoisotopic (exact) mass is 457 g/mol. The number of halogens is 1. The van der Waals surface area contributed by atoms with Gasteiger partial charge in [0, 0.05) is 24.8 Å². The van der Waals surface area contributed by atoms with Crippen LogP contribution >= 0.6 is 22.9 Å². The number of nitro groups is 1. The summed E-state index contributed by atoms with van der Waals surface area (Å²) in [6, 6.07) is 9.87. The van der Waals surface area contributed by atoms with Crippen LogP contribution in [0, 0.1) is 17.0 Å². The van der Waals surface area contributed by atoms with E-state index in [1.54, 1.807) is 23.1 Å². The molecule has 0 bridgehead atoms. The Hall–Kier alpha value is -2.81. The molecule has 1 unspecified atom stereocenters. The minimum Gasteiger partial charge on any atom is -0.376 e. The molecular formula is C22H20ClN3O4S. The number of thiazole rings is 1. The second-order valence-electron chi connectivity index (χ2n) is 7.31. The molecule has 0 N–H and O–H groups in total. The third kappa shape index (κ3) is 4.76. The first-order chi connectivity index (χ1) is 14.9. The van der Waals surface area contributed by atoms with Crippen LogP contribution in [0.3, 0.4) is 0 Å². The molecule has 1 aromatic heterocycles. The van der Waals surface area contributed by atoms with Gasteiger partial charge >= 0.3 is 0 Å². The minimum absolute atomic E-state index is 0.0258. The summed E-state index contributed by atoms with van der Waals surface area (Å²) in [5.74, 6) is -0.269. The van der Waals surface area contributed by atoms with E-state index in [4.69, 9.17) is 16.3 Å². The first kappa shape index (κ1) is 21.4. The van der Waals surface area contributed by atoms with Crippen molar-refractivity contribution >= 4 is 56.0 Å². The van der Waals surface area contributed by atoms with Gasteiger partial charge in [-0.05, 0) is 43.0 Å². The zero-order valence-corrected chi connectivity index (χ0v) is 18.4. The number of aromatic nitrogens is 1. The first-order valence-electron chi connectivity index (χ1n) is 9.83. The van der Waals surface area contributed by atoms with Gasteiger partial charge in [0.2, 0.25) is 0 Å². The van der Waals surface area contributed by atoms with E-state index < -0.39 is 4.92 Å². The van der Waals surface area contributed by atoms with E-state index in [2.05, 4.69) is 4.98 Å². The first-order valence-corrected chi connectivity index (χ1v) is 11.0. The number of nitro benzene ring substituents is 1. The summed E-state index contributed by atoms with van der Waals surface area (Å²) >= 11 is 7.72. The molecule has 1 aliphatic rings. The number of fused-ring (bicyclic) bond motifs is 1. The number of anilines is 1. The Morgan fingerprint density at radius 1 is 1.42 bits per heavy atom. The fourth-order valence-corrected chi connectivity index (χ4v) is 4.79. The Morgan fingerprint density at radius 2 is 2.26 bits per heavy atom. The molecule has 1 saturated heterocycles. The molecule has 9 heteroatoms. The number of hydrogen-bond acceptors (Lipinski definition) is 6. The number of aryl methyl sites for hydroxylation is 1. The topological polar surface area (TPSA) is 85.6 Å². The highest BCUT2D eigenvalue weighted by Gasteiger charge is 2.25. The lowest BCUT2D eigenvalue weighted by atomic mass is 10.2. The van der Waals surface area contributed by atoms with E-state index in [1.807, 2.05) is 19.1 Å². The minimum atomic E-state index is -0.462. The van der Waals surface area contributed by atoms with E-state index in [1.165, 1.54) is 29.5 Å². The number of non-ortho nitro benzene ring substituents is 1. The van der Waals surface area contributed by atoms with Crippen molar-refractivity contribution in [2.45, 2.75) is 25.9 Å². The van der Waals surface area contributed by atoms with Crippen molar-refractivity contribution in [1.29, 1.82) is 0 Å². The van der Waals surface area contributed by atoms with Crippen LogP contribution < -0.4 is 4.90 Å². The standard InChI is InChI=1S/C22H20ClN3O4S/c1-14-7-9-18(23)21-20(14)24-22(31-21)25(13-17-6-3-11-30-17)19(27)10-8-15-4-2-5-16(12-15)26(28)29/h2,4-5,7-10,12,17H,3,6,11,13H2,1H3/b10-8+. The largest absolute Gasteiger partial charge is 0.376 e. The Labute approximate surface area is 188 Å². The molecule has 1 atom stereocenters. The third-order valence-corrected chi connectivity index (χ3v) is 6.63. The predicted molar refractivity (Wildman–Crippen MR) is 123 cm³/mol. The van der Waals surface area contributed by atoms with E-state index in [0.717, 1.165) is 28.6 Å². The number of benzene rings is 2. The molecule has 0 aliphatic carbocycles. The molecule has 0 radical (unpaired) electrons. The normalized spacial score (nSPS) is 16.3. The molecule has 0 spiro atoms. The number of carbonyl (C=O) groups is 1. The van der Waals surface area contributed by atoms with Crippen LogP contribution in [0.25, 0.3) is 16.3 Å². The average Bonchev–Trinajstić information content (AvgIpc) is 3.43. The predicted octanol–water partition coefficient (Wildman–Crippen LogP) is 5.39. The summed E-state index contributed by atoms with van der Waals surface area (Å²) in [6.07, 6.45) is 4.76. The highest BCUT2D eigenvalue weighted by molar-refractivity contribution is 7.23. The highest BCUT2D eigenvalue weighted by Crippen LogP contribution is 2.36. The lowest BCUT2D eigenvalue weighted by Crippen LogP contribution is -2.36. The van der Waals surface area contributed by atoms with Crippen molar-refractivity contribution in [3.05, 3.63) is 68.7 Å². The van der Waals surface area contributed by atoms with Gasteiger partial charge in [0.05, 0.1) is 32.8 Å². The fraction of sp³-hybridized carbons (Fsp3) is 0.273. The van der Waals surface area contributed by atoms with Gasteiger partial charge in [-0.2, -0.15) is 0 Å². The molecule has 2 heterocycles. The summed E-state index contributed by atoms with van der Waals surface area (Å²) in [6.45, 7) is 3.02. The van der Waals surface area contributed by atoms with E-state index in [-0.39, 0.29) is 17.7 Å². The molecule has 0 saturated carbocycles. The molecule has 7 nitrogen and oxygen atoms in total. The Balaban J connectivity index is 1.65. The summed E-state index contributed by atoms with van der Waals surface area (Å²) in [5.41, 5.74) is 2.31. The van der Waals surface area contributed by atoms with Gasteiger partial charge in [-0.15, -0.1) is 0 Å². The summed E-state index contributed by atoms with van der Waals surface area (Å²) in [5, 5.41) is 12.1. The van der Waals surface area contributed by atoms with Crippen molar-refractivity contribution < 1.29 is 14.5 Å². The second kappa shape index (κ2) is 9.13. The number of nitrogens with zero attached hydrogens (tertiary/aromatic N) is 3. The molecule has 1 aliphatic heterocycles. The maximum absolute atomic E-state index is 13.2. The van der Waals surface area contributed by atoms with Gasteiger partial charge < -0.3 is 4.74 Å². The highest BCUT2D eigenvalue weighted by atomic mass is 35.5. The number of carbonyl (C=O) groups excluding carboxylic acids is 1. The molecular weight excluding hydrogens is 438 g/mol. The zero-order valence-electron chi connectivity index (χ0n) is 16.8. The van der Waals surface area contributed by atoms with Gasteiger partial charge in [0.15, 0.2) is 5.13 Å². The van der Waals surface area contributed by atoms with Gasteiger partial charge in [0.25, 0.3) is 11.6 Å². The fourth-order valence-electron chi connectivity index (χ4n) is 3.46. The summed E-state index contributed by atoms with van der Waals surface area (Å²) in [7, 11) is 0. The van der Waals surface area contributed by atoms with Gasteiger partial charge in [-0.1, -0.05) is 41.1 Å². The Kier molecular flexibility index (Phi) is 6.31. The third-order valence-electron chi connectivity index (χ3n) is 5.09. The smallest absolute Gasteiger partial charge is 0.270 e. The van der Waals surface area contributed by atoms with Gasteiger partial charge in [-0.3, -0.25) is 19.8 Å². The Morgan fingerprint density at radius 3 is 2.97 bits per heavy atom. The van der Waals surface area contributed by atoms with Crippen LogP contribution in [-0.2, 0) is 9.53 Å². The average molecular weight is 458 g/mol. The van der Waals surface area contributed by atoms with Crippen LogP contribution in [0.15, 0.2) is 42.5 Å². The molecule has 160 valence electrons. The van der Waals surface area contributed by atoms with Crippen molar-refractivity contribution in [3.8, 4) is 0 Å². The second-order valence-corrected chi connectivity index (χ2v) is 8.69. The number of hydrogen-bond donors (Lipinski definition) is 0. The maximum atomic E-state index is 13.2. The van der Waals surface area contributed by atoms with Crippen LogP contribution in [0.1, 0.15) is 24.0 Å². The SMILES string of the molecule is Cc1ccc(Cl)c2sc(N(CC3CCCO3)C(=O)/C=C/c3cccc([N+](=O)[O-])c3)nc12. The van der Waals surface area contributed by atoms with Crippen molar-refractivity contribution in [3.63, 3.8) is 0 Å². The van der Waals surface area contributed by atoms with Crippen LogP contribution in [0.4, 0.5) is 10.8 Å². The van der Waals surface area contributed by atoms with Crippen LogP contribution in [0.2, 0.25) is 5.02 Å². The van der Waals surface area contributed by atoms with Crippen molar-refractivity contribution in [1.82, 2.24) is 4.98 Å². The van der Waals surface area contributed by atoms with Gasteiger partial charge in [0.1, 0.15) is 0 Å². The number of amides is 1. The molecule has 3 aromatic rings. The summed E-state index contributed by atoms with van der Waals surface area (Å²) < 4.78 is 6.58. The number of ether oxygens (including phenoxy) is 1. The molecule has 2 aromatic carbocycles. The molecule has 1 fully saturated rings. The lowest BCUT2D eigenvalue weighted by molar-refractivity contribution is -0.384. The van der Waals surface area contributed by atoms with Crippen LogP contribution in [-0.4, -0.2) is 35.1 Å². The van der Waals surface area contributed by atoms with E-state index >= 15 is 0 Å². The van der Waals surface area contributed by atoms with E-state index in [9.17, 15) is 14.9 Å². The van der Waals surface area contributed by atoms with Gasteiger partial charge in [-0.25, -0.2) is 4.98 Å². The zero-order chi connectivity index (χ0) is 22.0. The number of rotatable bonds is 6. The summed E-state index contributed by atoms with van der Waals surface area (Å²) in [4.78, 5) is 30.0. The van der Waals surface area contributed by atoms with Crippen molar-refractivity contribution in [2.24, 2.45) is 0 Å². The Bertz CT molecular complexity index is 1130. The molecule has 4 rings (SSSR count). The lowest BCUT2D eigenvalue weighted by Gasteiger charge is -2.21. The van der Waals surface area contributed by atoms with Crippen LogP contribution in [0.5, 0.6) is 0 Å². The maximum Gasteiger partial charge on any atom is 0.270 e. The molecule has 1 amide bonds. The quantitative estimate of drug-likeness (QED) is 0.281. The van der Waals surface area contributed by atoms with Crippen molar-refractivity contribution in [2.75, 3.05) is 18.1 Å². The molecule has 31 heavy (non-hydrogen) atoms. The van der Waals surface area contributed by atoms with E-state index in [0.29, 0.717) is 28.9 Å².